The van der Waals surface area contributed by atoms with Crippen molar-refractivity contribution in [3.05, 3.63) is 33.5 Å². The Morgan fingerprint density at radius 1 is 1.64 bits per heavy atom. The third-order valence-electron chi connectivity index (χ3n) is 1.75. The van der Waals surface area contributed by atoms with Gasteiger partial charge in [-0.2, -0.15) is 5.10 Å². The molecule has 0 saturated heterocycles. The van der Waals surface area contributed by atoms with E-state index in [9.17, 15) is 4.79 Å². The topological polar surface area (TPSA) is 54.6 Å². The van der Waals surface area contributed by atoms with Crippen molar-refractivity contribution in [2.75, 3.05) is 0 Å². The van der Waals surface area contributed by atoms with Gasteiger partial charge in [0.2, 0.25) is 0 Å². The summed E-state index contributed by atoms with van der Waals surface area (Å²) in [7, 11) is 0. The van der Waals surface area contributed by atoms with E-state index in [4.69, 9.17) is 16.7 Å². The van der Waals surface area contributed by atoms with Crippen molar-refractivity contribution in [3.63, 3.8) is 0 Å². The molecule has 72 valence electrons. The fourth-order valence-corrected chi connectivity index (χ4v) is 2.11. The van der Waals surface area contributed by atoms with Gasteiger partial charge >= 0.3 is 5.97 Å². The van der Waals surface area contributed by atoms with Crippen LogP contribution in [0.1, 0.15) is 10.5 Å². The van der Waals surface area contributed by atoms with Crippen molar-refractivity contribution in [2.24, 2.45) is 0 Å². The summed E-state index contributed by atoms with van der Waals surface area (Å²) in [5, 5.41) is 12.8. The zero-order valence-corrected chi connectivity index (χ0v) is 9.08. The fourth-order valence-electron chi connectivity index (χ4n) is 1.16. The Hall–Kier alpha value is -1.07. The monoisotopic (exact) mass is 274 g/mol. The first kappa shape index (κ1) is 9.48. The van der Waals surface area contributed by atoms with Crippen molar-refractivity contribution in [2.45, 2.75) is 0 Å². The second-order valence-corrected chi connectivity index (χ2v) is 3.85. The van der Waals surface area contributed by atoms with Gasteiger partial charge in [0.15, 0.2) is 5.69 Å². The number of carboxylic acids is 1. The maximum atomic E-state index is 10.7. The predicted molar refractivity (Wildman–Crippen MR) is 54.9 cm³/mol. The van der Waals surface area contributed by atoms with Crippen molar-refractivity contribution in [1.82, 2.24) is 9.61 Å². The van der Waals surface area contributed by atoms with Crippen molar-refractivity contribution in [1.29, 1.82) is 0 Å². The number of nitrogens with zero attached hydrogens (tertiary/aromatic N) is 2. The molecule has 0 aliphatic carbocycles. The van der Waals surface area contributed by atoms with Crippen molar-refractivity contribution < 1.29 is 9.90 Å². The van der Waals surface area contributed by atoms with E-state index >= 15 is 0 Å². The van der Waals surface area contributed by atoms with Crippen LogP contribution in [0.3, 0.4) is 0 Å². The van der Waals surface area contributed by atoms with Crippen molar-refractivity contribution in [3.8, 4) is 0 Å². The van der Waals surface area contributed by atoms with Crippen LogP contribution in [0.4, 0.5) is 0 Å². The Morgan fingerprint density at radius 3 is 2.93 bits per heavy atom. The van der Waals surface area contributed by atoms with Crippen LogP contribution in [0.5, 0.6) is 0 Å². The highest BCUT2D eigenvalue weighted by atomic mass is 79.9. The van der Waals surface area contributed by atoms with Gasteiger partial charge in [0, 0.05) is 10.7 Å². The Balaban J connectivity index is 2.87. The first-order valence-electron chi connectivity index (χ1n) is 3.67. The summed E-state index contributed by atoms with van der Waals surface area (Å²) in [5.41, 5.74) is 0.421. The number of hydrogen-bond donors (Lipinski definition) is 1. The molecule has 2 heterocycles. The van der Waals surface area contributed by atoms with Crippen LogP contribution in [0, 0.1) is 0 Å². The molecule has 0 radical (unpaired) electrons. The summed E-state index contributed by atoms with van der Waals surface area (Å²) in [5.74, 6) is -1.13. The van der Waals surface area contributed by atoms with Crippen LogP contribution in [-0.2, 0) is 0 Å². The van der Waals surface area contributed by atoms with Gasteiger partial charge in [0.05, 0.1) is 5.52 Å². The number of halogens is 2. The van der Waals surface area contributed by atoms with E-state index in [2.05, 4.69) is 21.0 Å². The van der Waals surface area contributed by atoms with E-state index < -0.39 is 5.97 Å². The molecule has 2 aromatic rings. The molecule has 0 bridgehead atoms. The summed E-state index contributed by atoms with van der Waals surface area (Å²) < 4.78 is 2.14. The van der Waals surface area contributed by atoms with E-state index in [1.54, 1.807) is 18.3 Å². The van der Waals surface area contributed by atoms with Gasteiger partial charge in [0.1, 0.15) is 5.02 Å². The number of pyridine rings is 1. The molecule has 14 heavy (non-hydrogen) atoms. The first-order valence-corrected chi connectivity index (χ1v) is 4.84. The Labute approximate surface area is 92.2 Å². The van der Waals surface area contributed by atoms with E-state index in [1.807, 2.05) is 0 Å². The van der Waals surface area contributed by atoms with Gasteiger partial charge in [-0.15, -0.1) is 0 Å². The van der Waals surface area contributed by atoms with Crippen LogP contribution in [0.2, 0.25) is 5.02 Å². The van der Waals surface area contributed by atoms with Crippen LogP contribution in [0.15, 0.2) is 22.8 Å². The lowest BCUT2D eigenvalue weighted by molar-refractivity contribution is 0.0690. The van der Waals surface area contributed by atoms with Gasteiger partial charge in [-0.1, -0.05) is 11.6 Å². The van der Waals surface area contributed by atoms with Crippen LogP contribution in [0.25, 0.3) is 5.52 Å². The quantitative estimate of drug-likeness (QED) is 0.870. The molecular formula is C8H4BrClN2O2. The van der Waals surface area contributed by atoms with E-state index in [0.717, 1.165) is 0 Å². The summed E-state index contributed by atoms with van der Waals surface area (Å²) in [6, 6.07) is 3.51. The highest BCUT2D eigenvalue weighted by Crippen LogP contribution is 2.28. The molecule has 0 aliphatic heterocycles. The summed E-state index contributed by atoms with van der Waals surface area (Å²) in [6.07, 6.45) is 1.64. The zero-order chi connectivity index (χ0) is 10.3. The fraction of sp³-hybridized carbons (Fsp3) is 0. The molecule has 6 heteroatoms. The third-order valence-corrected chi connectivity index (χ3v) is 2.75. The number of aromatic carboxylic acids is 1. The van der Waals surface area contributed by atoms with Gasteiger partial charge in [-0.05, 0) is 28.1 Å². The molecule has 0 aliphatic rings. The zero-order valence-electron chi connectivity index (χ0n) is 6.74. The number of fused-ring (bicyclic) bond motifs is 1. The Bertz CT molecular complexity index is 523. The standard InChI is InChI=1S/C8H4BrClN2O2/c9-4-2-1-3-12-7(4)5(10)6(11-12)8(13)14/h1-3H,(H,13,14). The van der Waals surface area contributed by atoms with E-state index in [0.29, 0.717) is 9.99 Å². The molecule has 2 rings (SSSR count). The molecule has 0 amide bonds. The lowest BCUT2D eigenvalue weighted by atomic mass is 10.3. The lowest BCUT2D eigenvalue weighted by Gasteiger charge is -1.94. The molecule has 4 nitrogen and oxygen atoms in total. The molecule has 0 atom stereocenters. The van der Waals surface area contributed by atoms with Gasteiger partial charge < -0.3 is 5.11 Å². The number of carboxylic acid groups (broad SMARTS) is 1. The molecule has 0 aromatic carbocycles. The second kappa shape index (κ2) is 3.25. The second-order valence-electron chi connectivity index (χ2n) is 2.62. The minimum Gasteiger partial charge on any atom is -0.476 e. The van der Waals surface area contributed by atoms with Gasteiger partial charge in [-0.25, -0.2) is 9.31 Å². The highest BCUT2D eigenvalue weighted by molar-refractivity contribution is 9.10. The molecule has 0 unspecified atom stereocenters. The minimum atomic E-state index is -1.13. The van der Waals surface area contributed by atoms with Crippen LogP contribution >= 0.6 is 27.5 Å². The maximum absolute atomic E-state index is 10.7. The average Bonchev–Trinajstić information content (AvgIpc) is 2.45. The van der Waals surface area contributed by atoms with E-state index in [1.165, 1.54) is 4.52 Å². The smallest absolute Gasteiger partial charge is 0.358 e. The average molecular weight is 275 g/mol. The molecule has 0 fully saturated rings. The highest BCUT2D eigenvalue weighted by Gasteiger charge is 2.18. The molecule has 0 spiro atoms. The minimum absolute atomic E-state index is 0.140. The Morgan fingerprint density at radius 2 is 2.36 bits per heavy atom. The van der Waals surface area contributed by atoms with Crippen LogP contribution < -0.4 is 0 Å². The first-order chi connectivity index (χ1) is 6.61. The molecule has 1 N–H and O–H groups in total. The molecule has 2 aromatic heterocycles. The number of carbonyl (C=O) groups is 1. The SMILES string of the molecule is O=C(O)c1nn2cccc(Br)c2c1Cl. The van der Waals surface area contributed by atoms with Gasteiger partial charge in [0.25, 0.3) is 0 Å². The third kappa shape index (κ3) is 1.29. The molecule has 0 saturated carbocycles. The molecular weight excluding hydrogens is 271 g/mol. The largest absolute Gasteiger partial charge is 0.476 e. The predicted octanol–water partition coefficient (Wildman–Crippen LogP) is 2.45. The summed E-state index contributed by atoms with van der Waals surface area (Å²) >= 11 is 9.14. The summed E-state index contributed by atoms with van der Waals surface area (Å²) in [4.78, 5) is 10.7. The van der Waals surface area contributed by atoms with Gasteiger partial charge in [-0.3, -0.25) is 0 Å². The number of hydrogen-bond acceptors (Lipinski definition) is 2. The normalized spacial score (nSPS) is 10.7. The Kier molecular flexibility index (Phi) is 2.20. The lowest BCUT2D eigenvalue weighted by Crippen LogP contribution is -1.97. The van der Waals surface area contributed by atoms with Crippen molar-refractivity contribution >= 4 is 39.0 Å². The number of aromatic nitrogens is 2. The summed E-state index contributed by atoms with van der Waals surface area (Å²) in [6.45, 7) is 0. The maximum Gasteiger partial charge on any atom is 0.358 e. The van der Waals surface area contributed by atoms with E-state index in [-0.39, 0.29) is 10.7 Å². The number of rotatable bonds is 1. The van der Waals surface area contributed by atoms with Crippen LogP contribution in [-0.4, -0.2) is 20.7 Å².